The van der Waals surface area contributed by atoms with Crippen LogP contribution < -0.4 is 0 Å². The van der Waals surface area contributed by atoms with E-state index in [1.165, 1.54) is 24.3 Å². The van der Waals surface area contributed by atoms with Crippen LogP contribution in [0, 0.1) is 0 Å². The van der Waals surface area contributed by atoms with Crippen LogP contribution in [0.3, 0.4) is 0 Å². The van der Waals surface area contributed by atoms with Crippen LogP contribution in [0.1, 0.15) is 11.8 Å². The standard InChI is InChI=1S/C9H6N2O3/c12-5-10-8-4-2-1-3-7(8)9(14)11-6-13/h1-4,9,14H. The van der Waals surface area contributed by atoms with E-state index in [1.807, 2.05) is 0 Å². The van der Waals surface area contributed by atoms with Gasteiger partial charge in [-0.05, 0) is 6.07 Å². The molecule has 1 rings (SSSR count). The van der Waals surface area contributed by atoms with Crippen LogP contribution in [-0.4, -0.2) is 17.3 Å². The molecule has 0 bridgehead atoms. The van der Waals surface area contributed by atoms with Gasteiger partial charge >= 0.3 is 0 Å². The molecule has 0 amide bonds. The number of nitrogens with zero attached hydrogens (tertiary/aromatic N) is 2. The Bertz CT molecular complexity index is 418. The van der Waals surface area contributed by atoms with E-state index in [4.69, 9.17) is 0 Å². The van der Waals surface area contributed by atoms with Gasteiger partial charge in [0, 0.05) is 5.56 Å². The molecule has 5 nitrogen and oxygen atoms in total. The lowest BCUT2D eigenvalue weighted by Crippen LogP contribution is -1.93. The highest BCUT2D eigenvalue weighted by molar-refractivity contribution is 5.54. The molecule has 0 radical (unpaired) electrons. The topological polar surface area (TPSA) is 79.1 Å². The molecule has 14 heavy (non-hydrogen) atoms. The fraction of sp³-hybridized carbons (Fsp3) is 0.111. The monoisotopic (exact) mass is 190 g/mol. The van der Waals surface area contributed by atoms with Gasteiger partial charge < -0.3 is 5.11 Å². The number of para-hydroxylation sites is 1. The van der Waals surface area contributed by atoms with Gasteiger partial charge in [-0.2, -0.15) is 9.98 Å². The van der Waals surface area contributed by atoms with Crippen molar-refractivity contribution in [1.29, 1.82) is 0 Å². The molecule has 70 valence electrons. The summed E-state index contributed by atoms with van der Waals surface area (Å²) in [5.74, 6) is 0. The molecule has 0 aliphatic heterocycles. The highest BCUT2D eigenvalue weighted by Gasteiger charge is 2.09. The number of aliphatic imine (C=N–C) groups is 2. The van der Waals surface area contributed by atoms with Crippen molar-refractivity contribution in [3.8, 4) is 0 Å². The minimum atomic E-state index is -1.35. The van der Waals surface area contributed by atoms with E-state index in [9.17, 15) is 14.7 Å². The average Bonchev–Trinajstić information content (AvgIpc) is 2.19. The predicted octanol–water partition coefficient (Wildman–Crippen LogP) is 0.981. The molecule has 1 N–H and O–H groups in total. The number of rotatable bonds is 3. The molecule has 0 saturated carbocycles. The van der Waals surface area contributed by atoms with Crippen LogP contribution in [0.25, 0.3) is 0 Å². The summed E-state index contributed by atoms with van der Waals surface area (Å²) in [4.78, 5) is 26.4. The van der Waals surface area contributed by atoms with Crippen molar-refractivity contribution in [3.63, 3.8) is 0 Å². The summed E-state index contributed by atoms with van der Waals surface area (Å²) in [6, 6.07) is 6.27. The normalized spacial score (nSPS) is 10.9. The molecular weight excluding hydrogens is 184 g/mol. The SMILES string of the molecule is O=C=Nc1ccccc1C(O)N=C=O. The predicted molar refractivity (Wildman–Crippen MR) is 47.3 cm³/mol. The number of aliphatic hydroxyl groups is 1. The smallest absolute Gasteiger partial charge is 0.240 e. The lowest BCUT2D eigenvalue weighted by molar-refractivity contribution is 0.189. The van der Waals surface area contributed by atoms with Gasteiger partial charge in [-0.1, -0.05) is 18.2 Å². The van der Waals surface area contributed by atoms with Crippen molar-refractivity contribution in [2.45, 2.75) is 6.23 Å². The van der Waals surface area contributed by atoms with Gasteiger partial charge in [-0.15, -0.1) is 0 Å². The number of hydrogen-bond donors (Lipinski definition) is 1. The van der Waals surface area contributed by atoms with Crippen LogP contribution in [0.5, 0.6) is 0 Å². The number of aliphatic hydroxyl groups excluding tert-OH is 1. The number of benzene rings is 1. The minimum absolute atomic E-state index is 0.231. The van der Waals surface area contributed by atoms with Crippen molar-refractivity contribution in [1.82, 2.24) is 0 Å². The zero-order valence-corrected chi connectivity index (χ0v) is 7.04. The summed E-state index contributed by atoms with van der Waals surface area (Å²) in [5.41, 5.74) is 0.494. The maximum atomic E-state index is 10.0. The molecule has 0 aliphatic rings. The number of isocyanates is 2. The summed E-state index contributed by atoms with van der Waals surface area (Å²) in [7, 11) is 0. The number of hydrogen-bond acceptors (Lipinski definition) is 5. The van der Waals surface area contributed by atoms with Gasteiger partial charge in [0.05, 0.1) is 5.69 Å². The lowest BCUT2D eigenvalue weighted by atomic mass is 10.1. The third kappa shape index (κ3) is 2.21. The first-order valence-electron chi connectivity index (χ1n) is 3.71. The maximum Gasteiger partial charge on any atom is 0.240 e. The second-order valence-electron chi connectivity index (χ2n) is 2.36. The highest BCUT2D eigenvalue weighted by Crippen LogP contribution is 2.25. The van der Waals surface area contributed by atoms with Gasteiger partial charge in [0.1, 0.15) is 0 Å². The van der Waals surface area contributed by atoms with Gasteiger partial charge in [-0.25, -0.2) is 9.59 Å². The van der Waals surface area contributed by atoms with Crippen LogP contribution in [-0.2, 0) is 9.59 Å². The molecule has 0 aromatic heterocycles. The average molecular weight is 190 g/mol. The van der Waals surface area contributed by atoms with Gasteiger partial charge in [0.15, 0.2) is 6.23 Å². The zero-order valence-electron chi connectivity index (χ0n) is 7.04. The lowest BCUT2D eigenvalue weighted by Gasteiger charge is -2.05. The van der Waals surface area contributed by atoms with E-state index in [0.717, 1.165) is 0 Å². The third-order valence-corrected chi connectivity index (χ3v) is 1.56. The fourth-order valence-corrected chi connectivity index (χ4v) is 0.976. The molecule has 0 aliphatic carbocycles. The Labute approximate surface area is 79.4 Å². The van der Waals surface area contributed by atoms with Gasteiger partial charge in [-0.3, -0.25) is 0 Å². The summed E-state index contributed by atoms with van der Waals surface area (Å²) >= 11 is 0. The third-order valence-electron chi connectivity index (χ3n) is 1.56. The molecule has 0 spiro atoms. The van der Waals surface area contributed by atoms with Crippen molar-refractivity contribution in [3.05, 3.63) is 29.8 Å². The van der Waals surface area contributed by atoms with E-state index in [0.29, 0.717) is 0 Å². The Morgan fingerprint density at radius 2 is 1.93 bits per heavy atom. The quantitative estimate of drug-likeness (QED) is 0.569. The molecule has 1 unspecified atom stereocenters. The molecule has 1 aromatic carbocycles. The van der Waals surface area contributed by atoms with E-state index in [-0.39, 0.29) is 11.3 Å². The molecule has 1 atom stereocenters. The Hall–Kier alpha value is -2.06. The first-order valence-corrected chi connectivity index (χ1v) is 3.71. The van der Waals surface area contributed by atoms with E-state index < -0.39 is 6.23 Å². The maximum absolute atomic E-state index is 10.0. The largest absolute Gasteiger partial charge is 0.367 e. The molecule has 0 heterocycles. The Balaban J connectivity index is 3.18. The van der Waals surface area contributed by atoms with Crippen molar-refractivity contribution in [2.75, 3.05) is 0 Å². The van der Waals surface area contributed by atoms with E-state index >= 15 is 0 Å². The molecule has 0 saturated heterocycles. The minimum Gasteiger partial charge on any atom is -0.367 e. The molecule has 0 fully saturated rings. The molecule has 5 heteroatoms. The highest BCUT2D eigenvalue weighted by atomic mass is 16.3. The summed E-state index contributed by atoms with van der Waals surface area (Å²) < 4.78 is 0. The van der Waals surface area contributed by atoms with Gasteiger partial charge in [0.2, 0.25) is 12.2 Å². The molecule has 1 aromatic rings. The van der Waals surface area contributed by atoms with E-state index in [2.05, 4.69) is 9.98 Å². The van der Waals surface area contributed by atoms with Crippen molar-refractivity contribution < 1.29 is 14.7 Å². The Morgan fingerprint density at radius 3 is 2.57 bits per heavy atom. The number of carbonyl (C=O) groups excluding carboxylic acids is 2. The van der Waals surface area contributed by atoms with Crippen molar-refractivity contribution in [2.24, 2.45) is 9.98 Å². The van der Waals surface area contributed by atoms with Crippen LogP contribution >= 0.6 is 0 Å². The van der Waals surface area contributed by atoms with Crippen LogP contribution in [0.4, 0.5) is 5.69 Å². The van der Waals surface area contributed by atoms with Crippen LogP contribution in [0.2, 0.25) is 0 Å². The first-order chi connectivity index (χ1) is 6.79. The Kier molecular flexibility index (Phi) is 3.47. The summed E-state index contributed by atoms with van der Waals surface area (Å²) in [6.45, 7) is 0. The first kappa shape index (κ1) is 10.0. The Morgan fingerprint density at radius 1 is 1.21 bits per heavy atom. The second kappa shape index (κ2) is 4.84. The van der Waals surface area contributed by atoms with Crippen molar-refractivity contribution >= 4 is 17.8 Å². The fourth-order valence-electron chi connectivity index (χ4n) is 0.976. The summed E-state index contributed by atoms with van der Waals surface area (Å²) in [5, 5.41) is 9.31. The molecular formula is C9H6N2O3. The second-order valence-corrected chi connectivity index (χ2v) is 2.36. The zero-order chi connectivity index (χ0) is 10.4. The van der Waals surface area contributed by atoms with Crippen LogP contribution in [0.15, 0.2) is 34.3 Å². The summed E-state index contributed by atoms with van der Waals surface area (Å²) in [6.07, 6.45) is 1.22. The van der Waals surface area contributed by atoms with Gasteiger partial charge in [0.25, 0.3) is 0 Å². The van der Waals surface area contributed by atoms with E-state index in [1.54, 1.807) is 12.1 Å².